The van der Waals surface area contributed by atoms with Crippen molar-refractivity contribution in [1.29, 1.82) is 0 Å². The number of hydrogen-bond donors (Lipinski definition) is 2. The van der Waals surface area contributed by atoms with E-state index in [9.17, 15) is 4.79 Å². The molecule has 4 nitrogen and oxygen atoms in total. The number of carbonyl (C=O) groups is 1. The Morgan fingerprint density at radius 1 is 1.17 bits per heavy atom. The Balaban J connectivity index is 1.82. The minimum Gasteiger partial charge on any atom is -0.349 e. The number of amides is 1. The predicted octanol–water partition coefficient (Wildman–Crippen LogP) is 4.11. The van der Waals surface area contributed by atoms with Gasteiger partial charge in [0.25, 0.3) is 5.91 Å². The van der Waals surface area contributed by atoms with Crippen LogP contribution in [0.3, 0.4) is 0 Å². The summed E-state index contributed by atoms with van der Waals surface area (Å²) in [5.74, 6) is 0.564. The zero-order valence-corrected chi connectivity index (χ0v) is 13.7. The Labute approximate surface area is 137 Å². The van der Waals surface area contributed by atoms with Gasteiger partial charge in [-0.1, -0.05) is 25.0 Å². The van der Waals surface area contributed by atoms with Crippen molar-refractivity contribution >= 4 is 17.4 Å². The summed E-state index contributed by atoms with van der Waals surface area (Å²) in [6.07, 6.45) is 6.26. The summed E-state index contributed by atoms with van der Waals surface area (Å²) in [6.45, 7) is 4.10. The molecule has 0 atom stereocenters. The summed E-state index contributed by atoms with van der Waals surface area (Å²) in [6, 6.07) is 10.1. The maximum absolute atomic E-state index is 12.6. The minimum absolute atomic E-state index is 0.0437. The lowest BCUT2D eigenvalue weighted by atomic mass is 10.1. The quantitative estimate of drug-likeness (QED) is 0.893. The average molecular weight is 309 g/mol. The molecule has 0 saturated heterocycles. The number of rotatable bonds is 4. The third-order valence-electron chi connectivity index (χ3n) is 4.39. The van der Waals surface area contributed by atoms with E-state index < -0.39 is 0 Å². The van der Waals surface area contributed by atoms with E-state index in [1.165, 1.54) is 18.4 Å². The first-order valence-corrected chi connectivity index (χ1v) is 8.23. The summed E-state index contributed by atoms with van der Waals surface area (Å²) in [5, 5.41) is 6.44. The highest BCUT2D eigenvalue weighted by atomic mass is 16.1. The maximum atomic E-state index is 12.6. The van der Waals surface area contributed by atoms with Crippen molar-refractivity contribution in [3.63, 3.8) is 0 Å². The molecule has 1 aliphatic carbocycles. The zero-order chi connectivity index (χ0) is 16.2. The summed E-state index contributed by atoms with van der Waals surface area (Å²) in [5.41, 5.74) is 3.88. The van der Waals surface area contributed by atoms with Crippen LogP contribution in [0.1, 0.15) is 47.2 Å². The van der Waals surface area contributed by atoms with Gasteiger partial charge >= 0.3 is 0 Å². The second kappa shape index (κ2) is 6.82. The van der Waals surface area contributed by atoms with Gasteiger partial charge in [0.1, 0.15) is 5.82 Å². The van der Waals surface area contributed by atoms with E-state index in [1.54, 1.807) is 12.3 Å². The molecule has 120 valence electrons. The molecule has 2 aromatic rings. The average Bonchev–Trinajstić information content (AvgIpc) is 3.04. The summed E-state index contributed by atoms with van der Waals surface area (Å²) >= 11 is 0. The van der Waals surface area contributed by atoms with Crippen LogP contribution in [0.15, 0.2) is 36.5 Å². The van der Waals surface area contributed by atoms with Gasteiger partial charge in [0.15, 0.2) is 0 Å². The summed E-state index contributed by atoms with van der Waals surface area (Å²) in [4.78, 5) is 16.9. The van der Waals surface area contributed by atoms with Gasteiger partial charge in [-0.2, -0.15) is 0 Å². The third kappa shape index (κ3) is 3.70. The van der Waals surface area contributed by atoms with Crippen LogP contribution in [0, 0.1) is 13.8 Å². The van der Waals surface area contributed by atoms with Gasteiger partial charge in [0.2, 0.25) is 0 Å². The third-order valence-corrected chi connectivity index (χ3v) is 4.39. The van der Waals surface area contributed by atoms with Gasteiger partial charge in [-0.3, -0.25) is 4.79 Å². The Hall–Kier alpha value is -2.36. The Kier molecular flexibility index (Phi) is 4.60. The largest absolute Gasteiger partial charge is 0.349 e. The molecule has 1 aromatic carbocycles. The molecule has 1 amide bonds. The topological polar surface area (TPSA) is 54.0 Å². The number of aryl methyl sites for hydroxylation is 2. The Morgan fingerprint density at radius 3 is 2.74 bits per heavy atom. The molecule has 0 radical (unpaired) electrons. The highest BCUT2D eigenvalue weighted by Crippen LogP contribution is 2.24. The van der Waals surface area contributed by atoms with Gasteiger partial charge in [-0.25, -0.2) is 4.98 Å². The second-order valence-corrected chi connectivity index (χ2v) is 6.30. The molecule has 4 heteroatoms. The molecule has 1 saturated carbocycles. The van der Waals surface area contributed by atoms with Crippen molar-refractivity contribution in [2.45, 2.75) is 45.6 Å². The smallest absolute Gasteiger partial charge is 0.255 e. The van der Waals surface area contributed by atoms with E-state index >= 15 is 0 Å². The first-order valence-electron chi connectivity index (χ1n) is 8.23. The fourth-order valence-corrected chi connectivity index (χ4v) is 3.02. The molecule has 1 fully saturated rings. The number of pyridine rings is 1. The van der Waals surface area contributed by atoms with Crippen molar-refractivity contribution in [1.82, 2.24) is 10.3 Å². The van der Waals surface area contributed by atoms with Crippen LogP contribution in [0.25, 0.3) is 0 Å². The monoisotopic (exact) mass is 309 g/mol. The lowest BCUT2D eigenvalue weighted by molar-refractivity contribution is 0.0938. The van der Waals surface area contributed by atoms with Crippen molar-refractivity contribution in [3.05, 3.63) is 53.2 Å². The van der Waals surface area contributed by atoms with E-state index in [0.29, 0.717) is 17.4 Å². The van der Waals surface area contributed by atoms with E-state index in [-0.39, 0.29) is 5.91 Å². The molecule has 0 unspecified atom stereocenters. The molecular formula is C19H23N3O. The van der Waals surface area contributed by atoms with Gasteiger partial charge < -0.3 is 10.6 Å². The lowest BCUT2D eigenvalue weighted by Gasteiger charge is -2.15. The first-order chi connectivity index (χ1) is 11.1. The summed E-state index contributed by atoms with van der Waals surface area (Å²) in [7, 11) is 0. The zero-order valence-electron chi connectivity index (χ0n) is 13.7. The SMILES string of the molecule is Cc1ccc(C)c(Nc2ncccc2C(=O)NC2CCCC2)c1. The number of nitrogens with one attached hydrogen (secondary N) is 2. The van der Waals surface area contributed by atoms with Crippen LogP contribution < -0.4 is 10.6 Å². The van der Waals surface area contributed by atoms with E-state index in [0.717, 1.165) is 24.1 Å². The number of anilines is 2. The number of aromatic nitrogens is 1. The van der Waals surface area contributed by atoms with Crippen LogP contribution in [-0.4, -0.2) is 16.9 Å². The van der Waals surface area contributed by atoms with Gasteiger partial charge in [-0.05, 0) is 56.0 Å². The van der Waals surface area contributed by atoms with Crippen molar-refractivity contribution in [2.24, 2.45) is 0 Å². The predicted molar refractivity (Wildman–Crippen MR) is 93.2 cm³/mol. The van der Waals surface area contributed by atoms with Crippen LogP contribution >= 0.6 is 0 Å². The molecular weight excluding hydrogens is 286 g/mol. The number of benzene rings is 1. The van der Waals surface area contributed by atoms with Crippen molar-refractivity contribution in [3.8, 4) is 0 Å². The van der Waals surface area contributed by atoms with Crippen LogP contribution in [0.4, 0.5) is 11.5 Å². The van der Waals surface area contributed by atoms with Crippen LogP contribution in [0.5, 0.6) is 0 Å². The highest BCUT2D eigenvalue weighted by molar-refractivity contribution is 5.99. The van der Waals surface area contributed by atoms with E-state index in [2.05, 4.69) is 40.7 Å². The molecule has 23 heavy (non-hydrogen) atoms. The fourth-order valence-electron chi connectivity index (χ4n) is 3.02. The van der Waals surface area contributed by atoms with Crippen LogP contribution in [-0.2, 0) is 0 Å². The molecule has 0 spiro atoms. The molecule has 2 N–H and O–H groups in total. The second-order valence-electron chi connectivity index (χ2n) is 6.30. The molecule has 1 heterocycles. The normalized spacial score (nSPS) is 14.7. The Bertz CT molecular complexity index is 706. The van der Waals surface area contributed by atoms with Gasteiger partial charge in [0, 0.05) is 17.9 Å². The minimum atomic E-state index is -0.0437. The number of carbonyl (C=O) groups excluding carboxylic acids is 1. The Morgan fingerprint density at radius 2 is 1.96 bits per heavy atom. The molecule has 3 rings (SSSR count). The van der Waals surface area contributed by atoms with E-state index in [4.69, 9.17) is 0 Å². The van der Waals surface area contributed by atoms with Crippen molar-refractivity contribution in [2.75, 3.05) is 5.32 Å². The number of nitrogens with zero attached hydrogens (tertiary/aromatic N) is 1. The molecule has 0 bridgehead atoms. The standard InChI is InChI=1S/C19H23N3O/c1-13-9-10-14(2)17(12-13)22-18-16(8-5-11-20-18)19(23)21-15-6-3-4-7-15/h5,8-12,15H,3-4,6-7H2,1-2H3,(H,20,22)(H,21,23). The lowest BCUT2D eigenvalue weighted by Crippen LogP contribution is -2.33. The highest BCUT2D eigenvalue weighted by Gasteiger charge is 2.20. The molecule has 0 aliphatic heterocycles. The maximum Gasteiger partial charge on any atom is 0.255 e. The molecule has 1 aliphatic rings. The first kappa shape index (κ1) is 15.5. The van der Waals surface area contributed by atoms with Gasteiger partial charge in [0.05, 0.1) is 5.56 Å². The van der Waals surface area contributed by atoms with Crippen LogP contribution in [0.2, 0.25) is 0 Å². The fraction of sp³-hybridized carbons (Fsp3) is 0.368. The van der Waals surface area contributed by atoms with Crippen molar-refractivity contribution < 1.29 is 4.79 Å². The van der Waals surface area contributed by atoms with Gasteiger partial charge in [-0.15, -0.1) is 0 Å². The van der Waals surface area contributed by atoms with E-state index in [1.807, 2.05) is 13.0 Å². The number of hydrogen-bond acceptors (Lipinski definition) is 3. The molecule has 1 aromatic heterocycles. The summed E-state index contributed by atoms with van der Waals surface area (Å²) < 4.78 is 0.